The molecule has 0 spiro atoms. The molecular formula is C12H14ClN3O2. The first kappa shape index (κ1) is 12.6. The molecule has 0 aliphatic heterocycles. The Bertz CT molecular complexity index is 581. The highest BCUT2D eigenvalue weighted by Gasteiger charge is 2.15. The molecule has 0 amide bonds. The number of halogens is 1. The van der Waals surface area contributed by atoms with Crippen LogP contribution in [-0.4, -0.2) is 24.0 Å². The van der Waals surface area contributed by atoms with E-state index in [2.05, 4.69) is 5.10 Å². The van der Waals surface area contributed by atoms with Gasteiger partial charge in [0.15, 0.2) is 11.5 Å². The zero-order valence-corrected chi connectivity index (χ0v) is 11.2. The standard InChI is InChI=1S/C12H14ClN3O2/c1-16-12(14)8(6-15-16)7-4-10(17-2)11(18-3)5-9(7)13/h4-6H,14H2,1-3H3. The number of benzene rings is 1. The molecule has 0 saturated heterocycles. The van der Waals surface area contributed by atoms with Crippen molar-refractivity contribution in [3.8, 4) is 22.6 Å². The summed E-state index contributed by atoms with van der Waals surface area (Å²) in [5.41, 5.74) is 7.47. The molecule has 0 saturated carbocycles. The van der Waals surface area contributed by atoms with Gasteiger partial charge in [0.1, 0.15) is 5.82 Å². The summed E-state index contributed by atoms with van der Waals surface area (Å²) in [5, 5.41) is 4.63. The molecule has 1 aromatic heterocycles. The third-order valence-corrected chi connectivity index (χ3v) is 3.06. The van der Waals surface area contributed by atoms with Crippen LogP contribution >= 0.6 is 11.6 Å². The van der Waals surface area contributed by atoms with Gasteiger partial charge in [-0.3, -0.25) is 4.68 Å². The Morgan fingerprint density at radius 2 is 1.78 bits per heavy atom. The Morgan fingerprint density at radius 1 is 1.17 bits per heavy atom. The lowest BCUT2D eigenvalue weighted by molar-refractivity contribution is 0.355. The Hall–Kier alpha value is -1.88. The van der Waals surface area contributed by atoms with E-state index < -0.39 is 0 Å². The highest BCUT2D eigenvalue weighted by atomic mass is 35.5. The predicted molar refractivity (Wildman–Crippen MR) is 71.2 cm³/mol. The molecule has 18 heavy (non-hydrogen) atoms. The first-order valence-corrected chi connectivity index (χ1v) is 5.65. The first-order chi connectivity index (χ1) is 8.58. The molecule has 1 aromatic carbocycles. The molecule has 5 nitrogen and oxygen atoms in total. The second-order valence-corrected chi connectivity index (χ2v) is 4.16. The van der Waals surface area contributed by atoms with Gasteiger partial charge < -0.3 is 15.2 Å². The minimum atomic E-state index is 0.535. The van der Waals surface area contributed by atoms with E-state index in [0.717, 1.165) is 11.1 Å². The van der Waals surface area contributed by atoms with E-state index in [1.54, 1.807) is 44.3 Å². The van der Waals surface area contributed by atoms with Crippen LogP contribution in [0, 0.1) is 0 Å². The summed E-state index contributed by atoms with van der Waals surface area (Å²) in [6.07, 6.45) is 1.67. The smallest absolute Gasteiger partial charge is 0.162 e. The first-order valence-electron chi connectivity index (χ1n) is 5.27. The maximum atomic E-state index is 6.22. The molecule has 0 radical (unpaired) electrons. The third kappa shape index (κ3) is 1.97. The molecule has 0 aliphatic rings. The largest absolute Gasteiger partial charge is 0.493 e. The molecule has 96 valence electrons. The lowest BCUT2D eigenvalue weighted by atomic mass is 10.1. The highest BCUT2D eigenvalue weighted by molar-refractivity contribution is 6.33. The normalized spacial score (nSPS) is 10.4. The SMILES string of the molecule is COc1cc(Cl)c(-c2cnn(C)c2N)cc1OC. The summed E-state index contributed by atoms with van der Waals surface area (Å²) in [5.74, 6) is 1.72. The maximum Gasteiger partial charge on any atom is 0.162 e. The number of hydrogen-bond donors (Lipinski definition) is 1. The predicted octanol–water partition coefficient (Wildman–Crippen LogP) is 2.34. The van der Waals surface area contributed by atoms with Gasteiger partial charge in [-0.15, -0.1) is 0 Å². The zero-order chi connectivity index (χ0) is 13.3. The van der Waals surface area contributed by atoms with E-state index in [-0.39, 0.29) is 0 Å². The molecule has 0 bridgehead atoms. The summed E-state index contributed by atoms with van der Waals surface area (Å²) in [4.78, 5) is 0. The molecule has 0 atom stereocenters. The minimum absolute atomic E-state index is 0.535. The fraction of sp³-hybridized carbons (Fsp3) is 0.250. The van der Waals surface area contributed by atoms with E-state index >= 15 is 0 Å². The Labute approximate surface area is 110 Å². The molecule has 0 fully saturated rings. The maximum absolute atomic E-state index is 6.22. The van der Waals surface area contributed by atoms with Gasteiger partial charge in [-0.2, -0.15) is 5.10 Å². The van der Waals surface area contributed by atoms with Crippen LogP contribution in [0.25, 0.3) is 11.1 Å². The zero-order valence-electron chi connectivity index (χ0n) is 10.4. The van der Waals surface area contributed by atoms with Crippen LogP contribution in [0.2, 0.25) is 5.02 Å². The topological polar surface area (TPSA) is 62.3 Å². The number of anilines is 1. The van der Waals surface area contributed by atoms with Gasteiger partial charge >= 0.3 is 0 Å². The van der Waals surface area contributed by atoms with Crippen molar-refractivity contribution in [2.24, 2.45) is 7.05 Å². The number of rotatable bonds is 3. The number of nitrogen functional groups attached to an aromatic ring is 1. The molecule has 2 N–H and O–H groups in total. The van der Waals surface area contributed by atoms with Gasteiger partial charge in [0.05, 0.1) is 25.4 Å². The third-order valence-electron chi connectivity index (χ3n) is 2.75. The minimum Gasteiger partial charge on any atom is -0.493 e. The van der Waals surface area contributed by atoms with Gasteiger partial charge in [0.25, 0.3) is 0 Å². The van der Waals surface area contributed by atoms with Crippen LogP contribution in [0.4, 0.5) is 5.82 Å². The summed E-state index contributed by atoms with van der Waals surface area (Å²) < 4.78 is 12.0. The second-order valence-electron chi connectivity index (χ2n) is 3.75. The monoisotopic (exact) mass is 267 g/mol. The lowest BCUT2D eigenvalue weighted by Gasteiger charge is -2.11. The van der Waals surface area contributed by atoms with Gasteiger partial charge in [0.2, 0.25) is 0 Å². The van der Waals surface area contributed by atoms with Crippen LogP contribution < -0.4 is 15.2 Å². The van der Waals surface area contributed by atoms with E-state index in [0.29, 0.717) is 22.3 Å². The van der Waals surface area contributed by atoms with Crippen LogP contribution in [0.15, 0.2) is 18.3 Å². The van der Waals surface area contributed by atoms with E-state index in [1.807, 2.05) is 0 Å². The van der Waals surface area contributed by atoms with E-state index in [1.165, 1.54) is 0 Å². The summed E-state index contributed by atoms with van der Waals surface area (Å²) in [7, 11) is 4.90. The molecule has 2 rings (SSSR count). The molecule has 2 aromatic rings. The van der Waals surface area contributed by atoms with Crippen molar-refractivity contribution in [1.82, 2.24) is 9.78 Å². The van der Waals surface area contributed by atoms with E-state index in [9.17, 15) is 0 Å². The van der Waals surface area contributed by atoms with E-state index in [4.69, 9.17) is 26.8 Å². The Morgan fingerprint density at radius 3 is 2.28 bits per heavy atom. The van der Waals surface area contributed by atoms with Crippen molar-refractivity contribution in [3.63, 3.8) is 0 Å². The summed E-state index contributed by atoms with van der Waals surface area (Å²) in [6.45, 7) is 0. The lowest BCUT2D eigenvalue weighted by Crippen LogP contribution is -1.98. The quantitative estimate of drug-likeness (QED) is 0.927. The highest BCUT2D eigenvalue weighted by Crippen LogP contribution is 2.39. The number of methoxy groups -OCH3 is 2. The molecule has 0 unspecified atom stereocenters. The van der Waals surface area contributed by atoms with Crippen LogP contribution in [0.1, 0.15) is 0 Å². The fourth-order valence-electron chi connectivity index (χ4n) is 1.72. The number of aromatic nitrogens is 2. The van der Waals surface area contributed by atoms with Crippen LogP contribution in [0.5, 0.6) is 11.5 Å². The number of hydrogen-bond acceptors (Lipinski definition) is 4. The van der Waals surface area contributed by atoms with Crippen LogP contribution in [-0.2, 0) is 7.05 Å². The van der Waals surface area contributed by atoms with Crippen molar-refractivity contribution < 1.29 is 9.47 Å². The molecule has 6 heteroatoms. The number of ether oxygens (including phenoxy) is 2. The average molecular weight is 268 g/mol. The summed E-state index contributed by atoms with van der Waals surface area (Å²) >= 11 is 6.22. The van der Waals surface area contributed by atoms with Gasteiger partial charge in [0, 0.05) is 24.2 Å². The Kier molecular flexibility index (Phi) is 3.34. The molecule has 0 aliphatic carbocycles. The fourth-order valence-corrected chi connectivity index (χ4v) is 1.97. The number of nitrogens with zero attached hydrogens (tertiary/aromatic N) is 2. The average Bonchev–Trinajstić information content (AvgIpc) is 2.70. The van der Waals surface area contributed by atoms with Gasteiger partial charge in [-0.1, -0.05) is 11.6 Å². The van der Waals surface area contributed by atoms with Crippen molar-refractivity contribution >= 4 is 17.4 Å². The van der Waals surface area contributed by atoms with Gasteiger partial charge in [-0.05, 0) is 6.07 Å². The van der Waals surface area contributed by atoms with Gasteiger partial charge in [-0.25, -0.2) is 0 Å². The second kappa shape index (κ2) is 4.78. The molecular weight excluding hydrogens is 254 g/mol. The molecule has 1 heterocycles. The van der Waals surface area contributed by atoms with Crippen LogP contribution in [0.3, 0.4) is 0 Å². The van der Waals surface area contributed by atoms with Crippen molar-refractivity contribution in [3.05, 3.63) is 23.4 Å². The van der Waals surface area contributed by atoms with Crippen molar-refractivity contribution in [2.45, 2.75) is 0 Å². The number of aryl methyl sites for hydroxylation is 1. The van der Waals surface area contributed by atoms with Crippen molar-refractivity contribution in [2.75, 3.05) is 20.0 Å². The number of nitrogens with two attached hydrogens (primary N) is 1. The Balaban J connectivity index is 2.61. The summed E-state index contributed by atoms with van der Waals surface area (Å²) in [6, 6.07) is 3.48. The van der Waals surface area contributed by atoms with Crippen molar-refractivity contribution in [1.29, 1.82) is 0 Å².